The average molecular weight is 610 g/mol. The minimum Gasteiger partial charge on any atom is -0.486 e. The van der Waals surface area contributed by atoms with Crippen molar-refractivity contribution in [2.75, 3.05) is 25.6 Å². The molecular formula is C34H38Cl2N2O4. The highest BCUT2D eigenvalue weighted by atomic mass is 35.5. The largest absolute Gasteiger partial charge is 0.486 e. The zero-order valence-corrected chi connectivity index (χ0v) is 26.0. The van der Waals surface area contributed by atoms with Gasteiger partial charge in [0.2, 0.25) is 0 Å². The molecule has 6 rings (SSSR count). The highest BCUT2D eigenvalue weighted by molar-refractivity contribution is 6.42. The Hall–Kier alpha value is -2.93. The molecule has 1 aliphatic carbocycles. The molecule has 42 heavy (non-hydrogen) atoms. The Labute approximate surface area is 258 Å². The van der Waals surface area contributed by atoms with Crippen molar-refractivity contribution in [3.8, 4) is 11.5 Å². The van der Waals surface area contributed by atoms with Crippen LogP contribution in [0.25, 0.3) is 0 Å². The number of rotatable bonds is 7. The second-order valence-electron chi connectivity index (χ2n) is 11.7. The van der Waals surface area contributed by atoms with E-state index in [4.69, 9.17) is 37.4 Å². The first-order valence-corrected chi connectivity index (χ1v) is 15.7. The Bertz CT molecular complexity index is 1440. The molecule has 0 radical (unpaired) electrons. The monoisotopic (exact) mass is 608 g/mol. The van der Waals surface area contributed by atoms with E-state index in [0.717, 1.165) is 67.1 Å². The van der Waals surface area contributed by atoms with Crippen LogP contribution in [0.5, 0.6) is 11.5 Å². The van der Waals surface area contributed by atoms with Gasteiger partial charge in [0.1, 0.15) is 29.7 Å². The fourth-order valence-electron chi connectivity index (χ4n) is 6.38. The van der Waals surface area contributed by atoms with Crippen LogP contribution < -0.4 is 14.4 Å². The van der Waals surface area contributed by atoms with Gasteiger partial charge in [-0.05, 0) is 84.3 Å². The van der Waals surface area contributed by atoms with Gasteiger partial charge < -0.3 is 19.1 Å². The number of fused-ring (bicyclic) bond motifs is 2. The van der Waals surface area contributed by atoms with Crippen molar-refractivity contribution in [2.45, 2.75) is 76.3 Å². The lowest BCUT2D eigenvalue weighted by molar-refractivity contribution is -0.149. The molecule has 6 nitrogen and oxygen atoms in total. The molecule has 0 bridgehead atoms. The predicted molar refractivity (Wildman–Crippen MR) is 167 cm³/mol. The third-order valence-corrected chi connectivity index (χ3v) is 9.83. The molecule has 8 heteroatoms. The first-order chi connectivity index (χ1) is 20.3. The van der Waals surface area contributed by atoms with Crippen LogP contribution in [0.15, 0.2) is 54.6 Å². The van der Waals surface area contributed by atoms with E-state index in [1.807, 2.05) is 30.3 Å². The van der Waals surface area contributed by atoms with Gasteiger partial charge in [-0.1, -0.05) is 54.7 Å². The van der Waals surface area contributed by atoms with E-state index in [2.05, 4.69) is 48.0 Å². The van der Waals surface area contributed by atoms with Crippen LogP contribution in [-0.2, 0) is 22.5 Å². The van der Waals surface area contributed by atoms with Crippen LogP contribution in [0.1, 0.15) is 73.5 Å². The molecule has 1 fully saturated rings. The smallest absolute Gasteiger partial charge is 0.323 e. The molecule has 222 valence electrons. The lowest BCUT2D eigenvalue weighted by Crippen LogP contribution is -2.53. The minimum atomic E-state index is -0.222. The lowest BCUT2D eigenvalue weighted by Gasteiger charge is -2.44. The molecule has 0 amide bonds. The Morgan fingerprint density at radius 3 is 2.48 bits per heavy atom. The van der Waals surface area contributed by atoms with Crippen molar-refractivity contribution < 1.29 is 19.0 Å². The summed E-state index contributed by atoms with van der Waals surface area (Å²) in [6.07, 6.45) is 5.64. The molecule has 3 aromatic rings. The van der Waals surface area contributed by atoms with E-state index < -0.39 is 0 Å². The van der Waals surface area contributed by atoms with E-state index >= 15 is 0 Å². The maximum absolute atomic E-state index is 12.7. The Morgan fingerprint density at radius 2 is 1.81 bits per heavy atom. The second-order valence-corrected chi connectivity index (χ2v) is 12.5. The van der Waals surface area contributed by atoms with E-state index in [1.165, 1.54) is 24.7 Å². The number of anilines is 1. The quantitative estimate of drug-likeness (QED) is 0.254. The average Bonchev–Trinajstić information content (AvgIpc) is 3.13. The van der Waals surface area contributed by atoms with Crippen LogP contribution in [-0.4, -0.2) is 43.7 Å². The molecule has 0 unspecified atom stereocenters. The number of benzene rings is 3. The number of methoxy groups -OCH3 is 1. The van der Waals surface area contributed by atoms with Crippen molar-refractivity contribution in [1.82, 2.24) is 4.90 Å². The second kappa shape index (κ2) is 12.4. The van der Waals surface area contributed by atoms with Gasteiger partial charge in [-0.15, -0.1) is 0 Å². The Balaban J connectivity index is 1.21. The summed E-state index contributed by atoms with van der Waals surface area (Å²) >= 11 is 12.4. The molecule has 0 N–H and O–H groups in total. The maximum atomic E-state index is 12.7. The molecule has 3 atom stereocenters. The highest BCUT2D eigenvalue weighted by Gasteiger charge is 2.39. The summed E-state index contributed by atoms with van der Waals surface area (Å²) in [5, 5.41) is 1.07. The topological polar surface area (TPSA) is 51.2 Å². The normalized spacial score (nSPS) is 21.3. The van der Waals surface area contributed by atoms with E-state index in [9.17, 15) is 4.79 Å². The molecule has 3 aromatic carbocycles. The summed E-state index contributed by atoms with van der Waals surface area (Å²) < 4.78 is 18.3. The van der Waals surface area contributed by atoms with Crippen molar-refractivity contribution in [3.05, 3.63) is 86.9 Å². The first kappa shape index (κ1) is 29.2. The molecule has 1 saturated carbocycles. The summed E-state index contributed by atoms with van der Waals surface area (Å²) in [5.41, 5.74) is 5.64. The number of carbonyl (C=O) groups is 1. The standard InChI is InChI=1S/C34H38Cl2N2O4/c1-4-31(22-10-13-27(35)28(36)16-22)41-26-11-8-21(9-12-26)32-14-15-37(2)29-17-23-18-30(34(39)40-3)38(25-6-5-7-25)20-24(23)19-33(29)42-32/h8-13,16-17,19,25,30-32H,4-7,14-15,18,20H2,1-3H3/t30-,31+,32+/m0/s1. The summed E-state index contributed by atoms with van der Waals surface area (Å²) in [7, 11) is 3.61. The predicted octanol–water partition coefficient (Wildman–Crippen LogP) is 7.94. The van der Waals surface area contributed by atoms with Crippen LogP contribution >= 0.6 is 23.2 Å². The van der Waals surface area contributed by atoms with Gasteiger partial charge in [0.15, 0.2) is 0 Å². The lowest BCUT2D eigenvalue weighted by atomic mass is 9.85. The first-order valence-electron chi connectivity index (χ1n) is 14.9. The molecule has 2 heterocycles. The highest BCUT2D eigenvalue weighted by Crippen LogP contribution is 2.42. The van der Waals surface area contributed by atoms with Gasteiger partial charge in [0, 0.05) is 32.6 Å². The maximum Gasteiger partial charge on any atom is 0.323 e. The third-order valence-electron chi connectivity index (χ3n) is 9.09. The number of ether oxygens (including phenoxy) is 3. The van der Waals surface area contributed by atoms with Gasteiger partial charge in [0.25, 0.3) is 0 Å². The number of nitrogens with zero attached hydrogens (tertiary/aromatic N) is 2. The van der Waals surface area contributed by atoms with E-state index in [1.54, 1.807) is 0 Å². The SMILES string of the molecule is CC[C@@H](Oc1ccc([C@H]2CCN(C)c3cc4c(cc3O2)CN(C2CCC2)[C@H](C(=O)OC)C4)cc1)c1ccc(Cl)c(Cl)c1. The summed E-state index contributed by atoms with van der Waals surface area (Å²) in [6.45, 7) is 3.70. The van der Waals surface area contributed by atoms with Gasteiger partial charge in [-0.25, -0.2) is 0 Å². The van der Waals surface area contributed by atoms with Gasteiger partial charge in [-0.2, -0.15) is 0 Å². The summed E-state index contributed by atoms with van der Waals surface area (Å²) in [4.78, 5) is 17.3. The van der Waals surface area contributed by atoms with Gasteiger partial charge in [0.05, 0.1) is 22.8 Å². The number of esters is 1. The molecule has 2 aliphatic heterocycles. The van der Waals surface area contributed by atoms with Crippen LogP contribution in [0.3, 0.4) is 0 Å². The molecular weight excluding hydrogens is 571 g/mol. The number of carbonyl (C=O) groups excluding carboxylic acids is 1. The van der Waals surface area contributed by atoms with E-state index in [0.29, 0.717) is 22.5 Å². The molecule has 3 aliphatic rings. The number of halogens is 2. The zero-order chi connectivity index (χ0) is 29.4. The summed E-state index contributed by atoms with van der Waals surface area (Å²) in [5.74, 6) is 1.56. The van der Waals surface area contributed by atoms with Crippen molar-refractivity contribution in [2.24, 2.45) is 0 Å². The zero-order valence-electron chi connectivity index (χ0n) is 24.4. The number of hydrogen-bond acceptors (Lipinski definition) is 6. The van der Waals surface area contributed by atoms with Crippen LogP contribution in [0, 0.1) is 0 Å². The summed E-state index contributed by atoms with van der Waals surface area (Å²) in [6, 6.07) is 18.5. The van der Waals surface area contributed by atoms with Crippen LogP contribution in [0.2, 0.25) is 10.0 Å². The molecule has 0 spiro atoms. The fraction of sp³-hybridized carbons (Fsp3) is 0.441. The Morgan fingerprint density at radius 1 is 1.02 bits per heavy atom. The molecule has 0 aromatic heterocycles. The number of hydrogen-bond donors (Lipinski definition) is 0. The fourth-order valence-corrected chi connectivity index (χ4v) is 6.68. The van der Waals surface area contributed by atoms with E-state index in [-0.39, 0.29) is 24.2 Å². The van der Waals surface area contributed by atoms with Gasteiger partial charge >= 0.3 is 5.97 Å². The van der Waals surface area contributed by atoms with Crippen molar-refractivity contribution in [3.63, 3.8) is 0 Å². The minimum absolute atomic E-state index is 0.0769. The van der Waals surface area contributed by atoms with Crippen molar-refractivity contribution >= 4 is 34.9 Å². The molecule has 0 saturated heterocycles. The third kappa shape index (κ3) is 5.82. The van der Waals surface area contributed by atoms with Gasteiger partial charge in [-0.3, -0.25) is 9.69 Å². The Kier molecular flexibility index (Phi) is 8.58. The van der Waals surface area contributed by atoms with Crippen molar-refractivity contribution in [1.29, 1.82) is 0 Å². The van der Waals surface area contributed by atoms with Crippen LogP contribution in [0.4, 0.5) is 5.69 Å².